The molecule has 3 rings (SSSR count). The van der Waals surface area contributed by atoms with Crippen LogP contribution in [0.25, 0.3) is 11.9 Å². The SMILES string of the molecule is CCc1nc2ncc3c(n2n1)C=CNNC3=O. The highest BCUT2D eigenvalue weighted by Crippen LogP contribution is 2.13. The Morgan fingerprint density at radius 2 is 2.35 bits per heavy atom. The lowest BCUT2D eigenvalue weighted by Gasteiger charge is -2.03. The second-order valence-electron chi connectivity index (χ2n) is 3.58. The van der Waals surface area contributed by atoms with Gasteiger partial charge in [0.15, 0.2) is 5.82 Å². The van der Waals surface area contributed by atoms with Gasteiger partial charge in [-0.2, -0.15) is 9.50 Å². The number of fused-ring (bicyclic) bond motifs is 3. The summed E-state index contributed by atoms with van der Waals surface area (Å²) >= 11 is 0. The van der Waals surface area contributed by atoms with Crippen LogP contribution >= 0.6 is 0 Å². The van der Waals surface area contributed by atoms with E-state index in [2.05, 4.69) is 25.9 Å². The summed E-state index contributed by atoms with van der Waals surface area (Å²) in [6.07, 6.45) is 5.63. The van der Waals surface area contributed by atoms with Crippen molar-refractivity contribution in [2.45, 2.75) is 13.3 Å². The van der Waals surface area contributed by atoms with E-state index in [1.807, 2.05) is 6.92 Å². The summed E-state index contributed by atoms with van der Waals surface area (Å²) in [5.74, 6) is 0.963. The Labute approximate surface area is 96.5 Å². The van der Waals surface area contributed by atoms with Crippen molar-refractivity contribution in [2.75, 3.05) is 0 Å². The average Bonchev–Trinajstić information content (AvgIpc) is 2.68. The van der Waals surface area contributed by atoms with Gasteiger partial charge in [-0.05, 0) is 6.08 Å². The summed E-state index contributed by atoms with van der Waals surface area (Å²) < 4.78 is 1.58. The molecule has 86 valence electrons. The number of hydrazine groups is 1. The summed E-state index contributed by atoms with van der Waals surface area (Å²) in [5, 5.41) is 4.30. The van der Waals surface area contributed by atoms with Crippen LogP contribution in [0.5, 0.6) is 0 Å². The van der Waals surface area contributed by atoms with Gasteiger partial charge >= 0.3 is 0 Å². The van der Waals surface area contributed by atoms with Gasteiger partial charge in [-0.3, -0.25) is 10.2 Å². The number of carbonyl (C=O) groups is 1. The summed E-state index contributed by atoms with van der Waals surface area (Å²) in [6, 6.07) is 0. The third-order valence-corrected chi connectivity index (χ3v) is 2.52. The molecule has 7 nitrogen and oxygen atoms in total. The standard InChI is InChI=1S/C10H10N6O/c1-2-8-13-10-11-5-6-7(16(10)15-8)3-4-12-14-9(6)17/h3-5,12H,2H2,1H3,(H,14,17). The maximum Gasteiger partial charge on any atom is 0.273 e. The van der Waals surface area contributed by atoms with Crippen LogP contribution in [0.2, 0.25) is 0 Å². The molecule has 0 unspecified atom stereocenters. The number of aromatic nitrogens is 4. The largest absolute Gasteiger partial charge is 0.306 e. The number of amides is 1. The van der Waals surface area contributed by atoms with Gasteiger partial charge in [0.2, 0.25) is 0 Å². The van der Waals surface area contributed by atoms with E-state index in [1.54, 1.807) is 16.8 Å². The molecule has 0 aromatic carbocycles. The maximum atomic E-state index is 11.7. The van der Waals surface area contributed by atoms with Crippen LogP contribution in [0.1, 0.15) is 28.8 Å². The monoisotopic (exact) mass is 230 g/mol. The van der Waals surface area contributed by atoms with Crippen molar-refractivity contribution in [1.82, 2.24) is 30.4 Å². The molecule has 2 aromatic rings. The van der Waals surface area contributed by atoms with E-state index in [9.17, 15) is 4.79 Å². The molecule has 2 aromatic heterocycles. The molecular weight excluding hydrogens is 220 g/mol. The number of rotatable bonds is 1. The first-order valence-electron chi connectivity index (χ1n) is 5.26. The minimum atomic E-state index is -0.243. The zero-order valence-electron chi connectivity index (χ0n) is 9.14. The topological polar surface area (TPSA) is 84.2 Å². The zero-order chi connectivity index (χ0) is 11.8. The highest BCUT2D eigenvalue weighted by atomic mass is 16.2. The van der Waals surface area contributed by atoms with Crippen molar-refractivity contribution in [2.24, 2.45) is 0 Å². The Bertz CT molecular complexity index is 629. The fraction of sp³-hybridized carbons (Fsp3) is 0.200. The first kappa shape index (κ1) is 9.76. The van der Waals surface area contributed by atoms with E-state index in [1.165, 1.54) is 6.20 Å². The summed E-state index contributed by atoms with van der Waals surface area (Å²) in [5.41, 5.74) is 6.30. The quantitative estimate of drug-likeness (QED) is 0.715. The van der Waals surface area contributed by atoms with Crippen LogP contribution in [0, 0.1) is 0 Å². The number of hydrogen-bond donors (Lipinski definition) is 2. The molecule has 0 spiro atoms. The Morgan fingerprint density at radius 3 is 3.18 bits per heavy atom. The molecule has 0 saturated carbocycles. The van der Waals surface area contributed by atoms with Crippen LogP contribution in [0.15, 0.2) is 12.4 Å². The van der Waals surface area contributed by atoms with E-state index < -0.39 is 0 Å². The predicted molar refractivity (Wildman–Crippen MR) is 59.8 cm³/mol. The van der Waals surface area contributed by atoms with E-state index >= 15 is 0 Å². The Hall–Kier alpha value is -2.44. The summed E-state index contributed by atoms with van der Waals surface area (Å²) in [6.45, 7) is 1.97. The fourth-order valence-electron chi connectivity index (χ4n) is 1.67. The van der Waals surface area contributed by atoms with Crippen LogP contribution in [-0.2, 0) is 6.42 Å². The summed E-state index contributed by atoms with van der Waals surface area (Å²) in [4.78, 5) is 20.1. The second-order valence-corrected chi connectivity index (χ2v) is 3.58. The van der Waals surface area contributed by atoms with Gasteiger partial charge in [0.1, 0.15) is 0 Å². The van der Waals surface area contributed by atoms with Crippen molar-refractivity contribution in [3.05, 3.63) is 29.5 Å². The van der Waals surface area contributed by atoms with Crippen LogP contribution < -0.4 is 10.9 Å². The van der Waals surface area contributed by atoms with Gasteiger partial charge in [-0.1, -0.05) is 6.92 Å². The molecule has 0 aliphatic carbocycles. The molecule has 3 heterocycles. The Balaban J connectivity index is 2.32. The van der Waals surface area contributed by atoms with Crippen LogP contribution in [0.4, 0.5) is 0 Å². The first-order chi connectivity index (χ1) is 8.29. The van der Waals surface area contributed by atoms with Gasteiger partial charge < -0.3 is 5.43 Å². The van der Waals surface area contributed by atoms with Gasteiger partial charge in [0.25, 0.3) is 11.7 Å². The first-order valence-corrected chi connectivity index (χ1v) is 5.26. The number of carbonyl (C=O) groups excluding carboxylic acids is 1. The van der Waals surface area contributed by atoms with Crippen molar-refractivity contribution in [3.8, 4) is 0 Å². The molecule has 0 saturated heterocycles. The molecule has 0 fully saturated rings. The molecule has 2 N–H and O–H groups in total. The van der Waals surface area contributed by atoms with Crippen molar-refractivity contribution < 1.29 is 4.79 Å². The Morgan fingerprint density at radius 1 is 1.47 bits per heavy atom. The minimum absolute atomic E-state index is 0.243. The van der Waals surface area contributed by atoms with Gasteiger partial charge in [-0.25, -0.2) is 4.98 Å². The lowest BCUT2D eigenvalue weighted by Crippen LogP contribution is -2.32. The zero-order valence-corrected chi connectivity index (χ0v) is 9.14. The smallest absolute Gasteiger partial charge is 0.273 e. The molecule has 0 atom stereocenters. The highest BCUT2D eigenvalue weighted by Gasteiger charge is 2.17. The normalized spacial score (nSPS) is 14.1. The molecule has 1 amide bonds. The van der Waals surface area contributed by atoms with Gasteiger partial charge in [0.05, 0.1) is 11.3 Å². The molecule has 7 heteroatoms. The van der Waals surface area contributed by atoms with Crippen molar-refractivity contribution in [3.63, 3.8) is 0 Å². The molecule has 0 radical (unpaired) electrons. The van der Waals surface area contributed by atoms with Crippen molar-refractivity contribution in [1.29, 1.82) is 0 Å². The van der Waals surface area contributed by atoms with Crippen LogP contribution in [0.3, 0.4) is 0 Å². The number of aryl methyl sites for hydroxylation is 1. The van der Waals surface area contributed by atoms with Gasteiger partial charge in [-0.15, -0.1) is 5.10 Å². The second kappa shape index (κ2) is 3.55. The van der Waals surface area contributed by atoms with E-state index in [0.29, 0.717) is 22.9 Å². The number of hydrogen-bond acceptors (Lipinski definition) is 5. The van der Waals surface area contributed by atoms with Gasteiger partial charge in [0, 0.05) is 18.8 Å². The Kier molecular flexibility index (Phi) is 2.04. The third-order valence-electron chi connectivity index (χ3n) is 2.52. The minimum Gasteiger partial charge on any atom is -0.306 e. The molecule has 17 heavy (non-hydrogen) atoms. The maximum absolute atomic E-state index is 11.7. The van der Waals surface area contributed by atoms with E-state index in [0.717, 1.165) is 6.42 Å². The van der Waals surface area contributed by atoms with Crippen molar-refractivity contribution >= 4 is 17.8 Å². The molecule has 1 aliphatic heterocycles. The fourth-order valence-corrected chi connectivity index (χ4v) is 1.67. The lowest BCUT2D eigenvalue weighted by molar-refractivity contribution is 0.0941. The molecule has 0 bridgehead atoms. The number of nitrogens with zero attached hydrogens (tertiary/aromatic N) is 4. The number of nitrogens with one attached hydrogen (secondary N) is 2. The molecular formula is C10H10N6O. The van der Waals surface area contributed by atoms with E-state index in [-0.39, 0.29) is 5.91 Å². The van der Waals surface area contributed by atoms with Crippen LogP contribution in [-0.4, -0.2) is 25.5 Å². The predicted octanol–water partition coefficient (Wildman–Crippen LogP) is -0.0946. The average molecular weight is 230 g/mol. The van der Waals surface area contributed by atoms with E-state index in [4.69, 9.17) is 0 Å². The molecule has 1 aliphatic rings. The third kappa shape index (κ3) is 1.43. The lowest BCUT2D eigenvalue weighted by atomic mass is 10.2. The highest BCUT2D eigenvalue weighted by molar-refractivity contribution is 5.97. The summed E-state index contributed by atoms with van der Waals surface area (Å²) in [7, 11) is 0.